The lowest BCUT2D eigenvalue weighted by molar-refractivity contribution is -0.120. The van der Waals surface area contributed by atoms with Crippen LogP contribution in [0.4, 0.5) is 0 Å². The number of aromatic nitrogens is 2. The Morgan fingerprint density at radius 2 is 1.97 bits per heavy atom. The van der Waals surface area contributed by atoms with Crippen molar-refractivity contribution in [1.29, 1.82) is 0 Å². The Hall–Kier alpha value is -2.71. The number of thioether (sulfide) groups is 1. The van der Waals surface area contributed by atoms with E-state index in [1.807, 2.05) is 18.2 Å². The highest BCUT2D eigenvalue weighted by molar-refractivity contribution is 8.00. The van der Waals surface area contributed by atoms with E-state index in [9.17, 15) is 9.59 Å². The van der Waals surface area contributed by atoms with Gasteiger partial charge in [0, 0.05) is 18.1 Å². The van der Waals surface area contributed by atoms with Gasteiger partial charge in [0.05, 0.1) is 16.2 Å². The molecule has 9 heteroatoms. The molecule has 4 rings (SSSR count). The Morgan fingerprint density at radius 1 is 1.18 bits per heavy atom. The minimum atomic E-state index is -0.451. The molecule has 0 saturated heterocycles. The van der Waals surface area contributed by atoms with E-state index in [1.165, 1.54) is 11.8 Å². The molecule has 1 unspecified atom stereocenters. The van der Waals surface area contributed by atoms with E-state index >= 15 is 0 Å². The SMILES string of the molecule is CC(C)CCn1c(SC(C)C(=O)NCc2ccc3c(c2)OCO3)nc2cc(Cl)ccc2c1=O. The summed E-state index contributed by atoms with van der Waals surface area (Å²) in [6.45, 7) is 7.13. The summed E-state index contributed by atoms with van der Waals surface area (Å²) in [4.78, 5) is 30.7. The van der Waals surface area contributed by atoms with E-state index in [2.05, 4.69) is 24.1 Å². The number of fused-ring (bicyclic) bond motifs is 2. The molecule has 3 aromatic rings. The number of halogens is 1. The summed E-state index contributed by atoms with van der Waals surface area (Å²) >= 11 is 7.39. The predicted molar refractivity (Wildman–Crippen MR) is 130 cm³/mol. The Balaban J connectivity index is 1.51. The molecule has 174 valence electrons. The van der Waals surface area contributed by atoms with Crippen molar-refractivity contribution in [1.82, 2.24) is 14.9 Å². The molecule has 7 nitrogen and oxygen atoms in total. The number of amides is 1. The number of hydrogen-bond donors (Lipinski definition) is 1. The van der Waals surface area contributed by atoms with Crippen molar-refractivity contribution in [2.75, 3.05) is 6.79 Å². The Morgan fingerprint density at radius 3 is 2.76 bits per heavy atom. The number of carbonyl (C=O) groups excluding carboxylic acids is 1. The van der Waals surface area contributed by atoms with Gasteiger partial charge in [-0.2, -0.15) is 0 Å². The molecular weight excluding hydrogens is 462 g/mol. The van der Waals surface area contributed by atoms with Gasteiger partial charge in [0.2, 0.25) is 12.7 Å². The van der Waals surface area contributed by atoms with Crippen molar-refractivity contribution in [3.8, 4) is 11.5 Å². The highest BCUT2D eigenvalue weighted by Crippen LogP contribution is 2.32. The maximum atomic E-state index is 13.2. The number of benzene rings is 2. The maximum Gasteiger partial charge on any atom is 0.262 e. The van der Waals surface area contributed by atoms with E-state index in [0.29, 0.717) is 51.6 Å². The third-order valence-electron chi connectivity index (χ3n) is 5.37. The first-order chi connectivity index (χ1) is 15.8. The van der Waals surface area contributed by atoms with Crippen LogP contribution in [-0.4, -0.2) is 27.5 Å². The highest BCUT2D eigenvalue weighted by Gasteiger charge is 2.20. The highest BCUT2D eigenvalue weighted by atomic mass is 35.5. The van der Waals surface area contributed by atoms with Crippen LogP contribution in [0.15, 0.2) is 46.3 Å². The van der Waals surface area contributed by atoms with Crippen LogP contribution in [0.3, 0.4) is 0 Å². The van der Waals surface area contributed by atoms with Crippen molar-refractivity contribution < 1.29 is 14.3 Å². The summed E-state index contributed by atoms with van der Waals surface area (Å²) in [5.74, 6) is 1.67. The van der Waals surface area contributed by atoms with Crippen molar-refractivity contribution in [2.45, 2.75) is 50.7 Å². The molecule has 0 bridgehead atoms. The van der Waals surface area contributed by atoms with Gasteiger partial charge >= 0.3 is 0 Å². The predicted octanol–water partition coefficient (Wildman–Crippen LogP) is 4.62. The summed E-state index contributed by atoms with van der Waals surface area (Å²) in [5.41, 5.74) is 1.33. The number of ether oxygens (including phenoxy) is 2. The molecule has 0 spiro atoms. The molecule has 0 radical (unpaired) electrons. The third kappa shape index (κ3) is 5.45. The smallest absolute Gasteiger partial charge is 0.262 e. The molecule has 0 saturated carbocycles. The fourth-order valence-electron chi connectivity index (χ4n) is 3.44. The lowest BCUT2D eigenvalue weighted by atomic mass is 10.1. The molecule has 1 atom stereocenters. The molecule has 1 aromatic heterocycles. The number of hydrogen-bond acceptors (Lipinski definition) is 6. The number of nitrogens with zero attached hydrogens (tertiary/aromatic N) is 2. The minimum absolute atomic E-state index is 0.118. The molecule has 0 aliphatic carbocycles. The second-order valence-corrected chi connectivity index (χ2v) is 10.1. The summed E-state index contributed by atoms with van der Waals surface area (Å²) in [5, 5.41) is 4.05. The lowest BCUT2D eigenvalue weighted by Crippen LogP contribution is -2.32. The van der Waals surface area contributed by atoms with Gasteiger partial charge in [-0.05, 0) is 55.2 Å². The van der Waals surface area contributed by atoms with Gasteiger partial charge in [0.15, 0.2) is 16.7 Å². The first-order valence-electron chi connectivity index (χ1n) is 10.8. The summed E-state index contributed by atoms with van der Waals surface area (Å²) in [6.07, 6.45) is 0.832. The monoisotopic (exact) mass is 487 g/mol. The molecule has 1 N–H and O–H groups in total. The zero-order valence-corrected chi connectivity index (χ0v) is 20.3. The fourth-order valence-corrected chi connectivity index (χ4v) is 4.57. The van der Waals surface area contributed by atoms with Crippen LogP contribution < -0.4 is 20.3 Å². The van der Waals surface area contributed by atoms with E-state index in [0.717, 1.165) is 12.0 Å². The molecule has 1 amide bonds. The Kier molecular flexibility index (Phi) is 7.14. The molecular formula is C24H26ClN3O4S. The van der Waals surface area contributed by atoms with Gasteiger partial charge in [0.25, 0.3) is 5.56 Å². The van der Waals surface area contributed by atoms with Crippen LogP contribution in [0.1, 0.15) is 32.8 Å². The Labute approximate surface area is 201 Å². The standard InChI is InChI=1S/C24H26ClN3O4S/c1-14(2)8-9-28-23(30)18-6-5-17(25)11-19(18)27-24(28)33-15(3)22(29)26-12-16-4-7-20-21(10-16)32-13-31-20/h4-7,10-11,14-15H,8-9,12-13H2,1-3H3,(H,26,29). The van der Waals surface area contributed by atoms with Crippen molar-refractivity contribution >= 4 is 40.2 Å². The van der Waals surface area contributed by atoms with E-state index in [1.54, 1.807) is 29.7 Å². The average molecular weight is 488 g/mol. The van der Waals surface area contributed by atoms with E-state index in [-0.39, 0.29) is 18.3 Å². The molecule has 1 aliphatic heterocycles. The fraction of sp³-hybridized carbons (Fsp3) is 0.375. The quantitative estimate of drug-likeness (QED) is 0.368. The normalized spacial score (nSPS) is 13.5. The van der Waals surface area contributed by atoms with E-state index in [4.69, 9.17) is 21.1 Å². The topological polar surface area (TPSA) is 82.5 Å². The number of rotatable bonds is 8. The van der Waals surface area contributed by atoms with Crippen LogP contribution in [-0.2, 0) is 17.9 Å². The molecule has 1 aliphatic rings. The zero-order valence-electron chi connectivity index (χ0n) is 18.8. The maximum absolute atomic E-state index is 13.2. The minimum Gasteiger partial charge on any atom is -0.454 e. The van der Waals surface area contributed by atoms with Gasteiger partial charge in [-0.1, -0.05) is 43.3 Å². The molecule has 33 heavy (non-hydrogen) atoms. The average Bonchev–Trinajstić information content (AvgIpc) is 3.24. The zero-order chi connectivity index (χ0) is 23.5. The van der Waals surface area contributed by atoms with Gasteiger partial charge in [-0.3, -0.25) is 14.2 Å². The summed E-state index contributed by atoms with van der Waals surface area (Å²) in [7, 11) is 0. The second kappa shape index (κ2) is 10.1. The van der Waals surface area contributed by atoms with Gasteiger partial charge in [-0.25, -0.2) is 4.98 Å². The first-order valence-corrected chi connectivity index (χ1v) is 12.1. The second-order valence-electron chi connectivity index (χ2n) is 8.36. The number of carbonyl (C=O) groups is 1. The van der Waals surface area contributed by atoms with E-state index < -0.39 is 5.25 Å². The Bertz CT molecular complexity index is 1240. The van der Waals surface area contributed by atoms with Crippen LogP contribution in [0.5, 0.6) is 11.5 Å². The van der Waals surface area contributed by atoms with Crippen LogP contribution >= 0.6 is 23.4 Å². The van der Waals surface area contributed by atoms with Gasteiger partial charge in [0.1, 0.15) is 0 Å². The number of nitrogens with one attached hydrogen (secondary N) is 1. The lowest BCUT2D eigenvalue weighted by Gasteiger charge is -2.17. The molecule has 0 fully saturated rings. The molecule has 2 aromatic carbocycles. The third-order valence-corrected chi connectivity index (χ3v) is 6.69. The van der Waals surface area contributed by atoms with Crippen molar-refractivity contribution in [2.24, 2.45) is 5.92 Å². The van der Waals surface area contributed by atoms with Gasteiger partial charge in [-0.15, -0.1) is 0 Å². The van der Waals surface area contributed by atoms with Crippen LogP contribution in [0.2, 0.25) is 5.02 Å². The first kappa shape index (κ1) is 23.4. The summed E-state index contributed by atoms with van der Waals surface area (Å²) in [6, 6.07) is 10.7. The summed E-state index contributed by atoms with van der Waals surface area (Å²) < 4.78 is 12.4. The van der Waals surface area contributed by atoms with Crippen LogP contribution in [0, 0.1) is 5.92 Å². The molecule has 2 heterocycles. The largest absolute Gasteiger partial charge is 0.454 e. The van der Waals surface area contributed by atoms with Crippen molar-refractivity contribution in [3.63, 3.8) is 0 Å². The van der Waals surface area contributed by atoms with Crippen molar-refractivity contribution in [3.05, 3.63) is 57.3 Å². The van der Waals surface area contributed by atoms with Crippen LogP contribution in [0.25, 0.3) is 10.9 Å². The van der Waals surface area contributed by atoms with Gasteiger partial charge < -0.3 is 14.8 Å².